The molecule has 0 spiro atoms. The summed E-state index contributed by atoms with van der Waals surface area (Å²) in [5, 5.41) is 0. The number of hydrogen-bond donors (Lipinski definition) is 0. The van der Waals surface area contributed by atoms with Gasteiger partial charge in [0.15, 0.2) is 13.2 Å². The van der Waals surface area contributed by atoms with Crippen molar-refractivity contribution < 1.29 is 19.1 Å². The van der Waals surface area contributed by atoms with E-state index in [0.29, 0.717) is 15.8 Å². The number of para-hydroxylation sites is 1. The Bertz CT molecular complexity index is 625. The van der Waals surface area contributed by atoms with Crippen molar-refractivity contribution in [3.8, 4) is 5.75 Å². The molecule has 5 heteroatoms. The lowest BCUT2D eigenvalue weighted by Gasteiger charge is -2.07. The first-order chi connectivity index (χ1) is 10.2. The minimum Gasteiger partial charge on any atom is -0.482 e. The zero-order valence-electron chi connectivity index (χ0n) is 11.1. The maximum atomic E-state index is 11.9. The van der Waals surface area contributed by atoms with Gasteiger partial charge in [-0.1, -0.05) is 52.3 Å². The van der Waals surface area contributed by atoms with Gasteiger partial charge in [0.2, 0.25) is 5.78 Å². The molecule has 0 aliphatic carbocycles. The third kappa shape index (κ3) is 4.72. The molecule has 21 heavy (non-hydrogen) atoms. The number of carbonyl (C=O) groups excluding carboxylic acids is 2. The molecule has 0 saturated carbocycles. The standard InChI is InChI=1S/C16H13BrO4/c17-14-9-5-4-8-13(14)15(18)10-21-16(19)11-20-12-6-2-1-3-7-12/h1-9H,10-11H2. The van der Waals surface area contributed by atoms with Crippen LogP contribution in [-0.2, 0) is 9.53 Å². The maximum Gasteiger partial charge on any atom is 0.344 e. The van der Waals surface area contributed by atoms with Gasteiger partial charge >= 0.3 is 5.97 Å². The SMILES string of the molecule is O=C(COc1ccccc1)OCC(=O)c1ccccc1Br. The smallest absolute Gasteiger partial charge is 0.344 e. The van der Waals surface area contributed by atoms with E-state index in [1.807, 2.05) is 6.07 Å². The third-order valence-electron chi connectivity index (χ3n) is 2.64. The Kier molecular flexibility index (Phi) is 5.51. The molecule has 0 radical (unpaired) electrons. The van der Waals surface area contributed by atoms with Crippen LogP contribution in [0.15, 0.2) is 59.1 Å². The zero-order valence-corrected chi connectivity index (χ0v) is 12.7. The van der Waals surface area contributed by atoms with Crippen LogP contribution in [0.3, 0.4) is 0 Å². The molecule has 0 atom stereocenters. The number of rotatable bonds is 6. The molecular formula is C16H13BrO4. The first-order valence-electron chi connectivity index (χ1n) is 6.28. The summed E-state index contributed by atoms with van der Waals surface area (Å²) in [6.45, 7) is -0.535. The number of halogens is 1. The van der Waals surface area contributed by atoms with Gasteiger partial charge in [0, 0.05) is 10.0 Å². The second-order valence-corrected chi connectivity index (χ2v) is 5.02. The molecular weight excluding hydrogens is 336 g/mol. The summed E-state index contributed by atoms with van der Waals surface area (Å²) >= 11 is 3.28. The number of hydrogen-bond acceptors (Lipinski definition) is 4. The van der Waals surface area contributed by atoms with Crippen LogP contribution >= 0.6 is 15.9 Å². The van der Waals surface area contributed by atoms with E-state index in [2.05, 4.69) is 15.9 Å². The first-order valence-corrected chi connectivity index (χ1v) is 7.07. The quantitative estimate of drug-likeness (QED) is 0.593. The van der Waals surface area contributed by atoms with Crippen LogP contribution in [0.25, 0.3) is 0 Å². The van der Waals surface area contributed by atoms with E-state index < -0.39 is 5.97 Å². The molecule has 0 heterocycles. The Morgan fingerprint density at radius 3 is 2.29 bits per heavy atom. The Labute approximate surface area is 130 Å². The van der Waals surface area contributed by atoms with Gasteiger partial charge in [0.05, 0.1) is 0 Å². The fourth-order valence-corrected chi connectivity index (χ4v) is 2.12. The van der Waals surface area contributed by atoms with Crippen LogP contribution < -0.4 is 4.74 Å². The highest BCUT2D eigenvalue weighted by Gasteiger charge is 2.12. The van der Waals surface area contributed by atoms with Gasteiger partial charge < -0.3 is 9.47 Å². The van der Waals surface area contributed by atoms with E-state index in [1.165, 1.54) is 0 Å². The highest BCUT2D eigenvalue weighted by molar-refractivity contribution is 9.10. The van der Waals surface area contributed by atoms with Crippen LogP contribution in [0.2, 0.25) is 0 Å². The topological polar surface area (TPSA) is 52.6 Å². The van der Waals surface area contributed by atoms with Gasteiger partial charge in [-0.25, -0.2) is 4.79 Å². The van der Waals surface area contributed by atoms with Crippen LogP contribution in [0.5, 0.6) is 5.75 Å². The predicted molar refractivity (Wildman–Crippen MR) is 81.4 cm³/mol. The third-order valence-corrected chi connectivity index (χ3v) is 3.33. The molecule has 4 nitrogen and oxygen atoms in total. The van der Waals surface area contributed by atoms with Gasteiger partial charge in [-0.2, -0.15) is 0 Å². The number of ether oxygens (including phenoxy) is 2. The van der Waals surface area contributed by atoms with Gasteiger partial charge in [-0.05, 0) is 18.2 Å². The summed E-state index contributed by atoms with van der Waals surface area (Å²) in [5.41, 5.74) is 0.481. The molecule has 2 aromatic carbocycles. The van der Waals surface area contributed by atoms with E-state index >= 15 is 0 Å². The molecule has 0 N–H and O–H groups in total. The van der Waals surface area contributed by atoms with E-state index in [9.17, 15) is 9.59 Å². The molecule has 108 valence electrons. The molecule has 0 saturated heterocycles. The van der Waals surface area contributed by atoms with Crippen molar-refractivity contribution in [2.45, 2.75) is 0 Å². The van der Waals surface area contributed by atoms with Crippen molar-refractivity contribution in [1.29, 1.82) is 0 Å². The lowest BCUT2D eigenvalue weighted by molar-refractivity contribution is -0.144. The largest absolute Gasteiger partial charge is 0.482 e. The van der Waals surface area contributed by atoms with Crippen LogP contribution in [0.4, 0.5) is 0 Å². The Balaban J connectivity index is 1.79. The van der Waals surface area contributed by atoms with E-state index in [0.717, 1.165) is 0 Å². The first kappa shape index (κ1) is 15.3. The molecule has 0 amide bonds. The zero-order chi connectivity index (χ0) is 15.1. The summed E-state index contributed by atoms with van der Waals surface area (Å²) in [7, 11) is 0. The Morgan fingerprint density at radius 1 is 0.905 bits per heavy atom. The summed E-state index contributed by atoms with van der Waals surface area (Å²) in [6.07, 6.45) is 0. The lowest BCUT2D eigenvalue weighted by atomic mass is 10.1. The average Bonchev–Trinajstić information content (AvgIpc) is 2.52. The number of esters is 1. The number of benzene rings is 2. The van der Waals surface area contributed by atoms with Crippen molar-refractivity contribution in [2.75, 3.05) is 13.2 Å². The van der Waals surface area contributed by atoms with Crippen molar-refractivity contribution in [2.24, 2.45) is 0 Å². The van der Waals surface area contributed by atoms with Crippen LogP contribution in [0.1, 0.15) is 10.4 Å². The summed E-state index contributed by atoms with van der Waals surface area (Å²) in [6, 6.07) is 15.9. The van der Waals surface area contributed by atoms with Crippen molar-refractivity contribution in [3.63, 3.8) is 0 Å². The fourth-order valence-electron chi connectivity index (χ4n) is 1.61. The molecule has 0 unspecified atom stereocenters. The number of carbonyl (C=O) groups is 2. The highest BCUT2D eigenvalue weighted by atomic mass is 79.9. The van der Waals surface area contributed by atoms with Crippen molar-refractivity contribution in [3.05, 3.63) is 64.6 Å². The summed E-state index contributed by atoms with van der Waals surface area (Å²) in [4.78, 5) is 23.4. The molecule has 0 bridgehead atoms. The predicted octanol–water partition coefficient (Wildman–Crippen LogP) is 3.25. The van der Waals surface area contributed by atoms with Crippen molar-refractivity contribution in [1.82, 2.24) is 0 Å². The highest BCUT2D eigenvalue weighted by Crippen LogP contribution is 2.16. The monoisotopic (exact) mass is 348 g/mol. The molecule has 0 aliphatic rings. The second kappa shape index (κ2) is 7.59. The summed E-state index contributed by atoms with van der Waals surface area (Å²) < 4.78 is 10.8. The minimum absolute atomic E-state index is 0.229. The molecule has 0 fully saturated rings. The minimum atomic E-state index is -0.584. The molecule has 0 aromatic heterocycles. The van der Waals surface area contributed by atoms with Crippen LogP contribution in [-0.4, -0.2) is 25.0 Å². The van der Waals surface area contributed by atoms with Crippen molar-refractivity contribution >= 4 is 27.7 Å². The van der Waals surface area contributed by atoms with Gasteiger partial charge in [0.1, 0.15) is 5.75 Å². The lowest BCUT2D eigenvalue weighted by Crippen LogP contribution is -2.19. The fraction of sp³-hybridized carbons (Fsp3) is 0.125. The van der Waals surface area contributed by atoms with Gasteiger partial charge in [-0.3, -0.25) is 4.79 Å². The van der Waals surface area contributed by atoms with E-state index in [1.54, 1.807) is 48.5 Å². The number of Topliss-reactive ketones (excluding diaryl/α,β-unsaturated/α-hetero) is 1. The maximum absolute atomic E-state index is 11.9. The average molecular weight is 349 g/mol. The molecule has 2 rings (SSSR count). The summed E-state index contributed by atoms with van der Waals surface area (Å²) in [5.74, 6) is -0.277. The van der Waals surface area contributed by atoms with Crippen LogP contribution in [0, 0.1) is 0 Å². The second-order valence-electron chi connectivity index (χ2n) is 4.17. The Morgan fingerprint density at radius 2 is 1.57 bits per heavy atom. The number of ketones is 1. The van der Waals surface area contributed by atoms with E-state index in [4.69, 9.17) is 9.47 Å². The van der Waals surface area contributed by atoms with Gasteiger partial charge in [0.25, 0.3) is 0 Å². The normalized spacial score (nSPS) is 9.95. The molecule has 0 aliphatic heterocycles. The van der Waals surface area contributed by atoms with E-state index in [-0.39, 0.29) is 19.0 Å². The van der Waals surface area contributed by atoms with Gasteiger partial charge in [-0.15, -0.1) is 0 Å². The Hall–Kier alpha value is -2.14. The molecule has 2 aromatic rings.